The maximum Gasteiger partial charge on any atom is 0 e. The Morgan fingerprint density at radius 2 is 1.00 bits per heavy atom. The Morgan fingerprint density at radius 1 is 1.00 bits per heavy atom. The summed E-state index contributed by atoms with van der Waals surface area (Å²) in [5, 5.41) is 0. The van der Waals surface area contributed by atoms with Crippen molar-refractivity contribution < 1.29 is 37.8 Å². The van der Waals surface area contributed by atoms with Gasteiger partial charge in [0.1, 0.15) is 0 Å². The number of rotatable bonds is 0. The zero-order valence-corrected chi connectivity index (χ0v) is 11.5. The molecule has 0 aromatic rings. The maximum absolute atomic E-state index is 0. The van der Waals surface area contributed by atoms with E-state index in [0.717, 1.165) is 0 Å². The van der Waals surface area contributed by atoms with Gasteiger partial charge in [0.25, 0.3) is 0 Å². The van der Waals surface area contributed by atoms with Crippen LogP contribution >= 0.6 is 13.5 Å². The summed E-state index contributed by atoms with van der Waals surface area (Å²) in [6, 6.07) is 0. The average molecular weight is 401 g/mol. The molecule has 0 rings (SSSR count). The molecule has 0 heterocycles. The van der Waals surface area contributed by atoms with Gasteiger partial charge in [-0.15, -0.1) is 0 Å². The van der Waals surface area contributed by atoms with Crippen molar-refractivity contribution >= 4 is 39.7 Å². The van der Waals surface area contributed by atoms with Gasteiger partial charge in [-0.1, -0.05) is 0 Å². The first-order valence-electron chi connectivity index (χ1n) is 0. The van der Waals surface area contributed by atoms with E-state index in [4.69, 9.17) is 0 Å². The second-order valence-corrected chi connectivity index (χ2v) is 0. The smallest absolute Gasteiger partial charge is 0 e. The van der Waals surface area contributed by atoms with Crippen LogP contribution in [-0.4, -0.2) is 26.2 Å². The largest absolute Gasteiger partial charge is 0 e. The molecule has 0 fully saturated rings. The van der Waals surface area contributed by atoms with Gasteiger partial charge in [0.05, 0.1) is 0 Å². The van der Waals surface area contributed by atoms with E-state index in [0.29, 0.717) is 0 Å². The number of hydrogen-bond donors (Lipinski definition) is 0. The summed E-state index contributed by atoms with van der Waals surface area (Å²) < 4.78 is 0. The predicted molar refractivity (Wildman–Crippen MR) is 20.3 cm³/mol. The van der Waals surface area contributed by atoms with Gasteiger partial charge < -0.3 is 0 Å². The van der Waals surface area contributed by atoms with Gasteiger partial charge in [0.2, 0.25) is 0 Å². The van der Waals surface area contributed by atoms with E-state index in [2.05, 4.69) is 0 Å². The summed E-state index contributed by atoms with van der Waals surface area (Å²) in [5.74, 6) is 0. The van der Waals surface area contributed by atoms with Crippen molar-refractivity contribution in [2.75, 3.05) is 0 Å². The van der Waals surface area contributed by atoms with E-state index in [1.54, 1.807) is 0 Å². The Kier molecular flexibility index (Phi) is 145. The third kappa shape index (κ3) is 8.83. The van der Waals surface area contributed by atoms with Gasteiger partial charge in [-0.3, -0.25) is 0 Å². The van der Waals surface area contributed by atoms with Crippen molar-refractivity contribution in [1.29, 1.82) is 0 Å². The van der Waals surface area contributed by atoms with Crippen molar-refractivity contribution in [2.24, 2.45) is 0 Å². The zero-order valence-electron chi connectivity index (χ0n) is 1.95. The molecule has 0 amide bonds. The van der Waals surface area contributed by atoms with Crippen LogP contribution in [-0.2, 0) is 37.8 Å². The molecule has 0 atom stereocenters. The molecular weight excluding hydrogens is 396 g/mol. The Balaban J connectivity index is 0. The van der Waals surface area contributed by atoms with Gasteiger partial charge in [-0.2, -0.15) is 13.5 Å². The Bertz CT molecular complexity index is 8.00. The van der Waals surface area contributed by atoms with E-state index < -0.39 is 0 Å². The first kappa shape index (κ1) is 32.1. The molecule has 4 heavy (non-hydrogen) atoms. The van der Waals surface area contributed by atoms with Crippen LogP contribution in [0.2, 0.25) is 0 Å². The molecule has 0 N–H and O–H groups in total. The molecule has 0 aliphatic carbocycles. The molecule has 31 valence electrons. The van der Waals surface area contributed by atoms with Crippen molar-refractivity contribution in [3.05, 3.63) is 0 Å². The minimum absolute atomic E-state index is 0. The normalized spacial score (nSPS) is 0. The SMILES string of the molecule is S.[BiH3].[Co].[Mo]. The summed E-state index contributed by atoms with van der Waals surface area (Å²) in [6.07, 6.45) is 0. The van der Waals surface area contributed by atoms with Crippen LogP contribution in [0.15, 0.2) is 0 Å². The van der Waals surface area contributed by atoms with Crippen molar-refractivity contribution in [1.82, 2.24) is 0 Å². The van der Waals surface area contributed by atoms with Crippen molar-refractivity contribution in [2.45, 2.75) is 0 Å². The van der Waals surface area contributed by atoms with E-state index in [1.165, 1.54) is 0 Å². The summed E-state index contributed by atoms with van der Waals surface area (Å²) >= 11 is 0. The minimum atomic E-state index is 0. The molecule has 1 radical (unpaired) electrons. The molecule has 0 aliphatic rings. The molecule has 4 heteroatoms. The summed E-state index contributed by atoms with van der Waals surface area (Å²) in [4.78, 5) is 0. The fourth-order valence-corrected chi connectivity index (χ4v) is 0. The third-order valence-electron chi connectivity index (χ3n) is 0. The van der Waals surface area contributed by atoms with Crippen LogP contribution in [0.1, 0.15) is 0 Å². The standard InChI is InChI=1S/Bi.Co.Mo.H2S.3H/h;;;1H2;;;. The van der Waals surface area contributed by atoms with Crippen LogP contribution in [0.5, 0.6) is 0 Å². The zero-order chi connectivity index (χ0) is 0. The Hall–Kier alpha value is 2.43. The molecule has 0 nitrogen and oxygen atoms in total. The second kappa shape index (κ2) is 18.1. The molecule has 0 saturated carbocycles. The fourth-order valence-electron chi connectivity index (χ4n) is 0. The third-order valence-corrected chi connectivity index (χ3v) is 0. The van der Waals surface area contributed by atoms with Crippen LogP contribution in [0, 0.1) is 0 Å². The first-order chi connectivity index (χ1) is 0. The van der Waals surface area contributed by atoms with E-state index in [-0.39, 0.29) is 77.5 Å². The Labute approximate surface area is 76.5 Å². The van der Waals surface area contributed by atoms with E-state index in [9.17, 15) is 0 Å². The molecule has 0 saturated heterocycles. The number of hydrogen-bond acceptors (Lipinski definition) is 0. The molecule has 0 aromatic heterocycles. The Morgan fingerprint density at radius 3 is 1.00 bits per heavy atom. The quantitative estimate of drug-likeness (QED) is 0.454. The van der Waals surface area contributed by atoms with Gasteiger partial charge in [-0.25, -0.2) is 0 Å². The predicted octanol–water partition coefficient (Wildman–Crippen LogP) is -1.08. The minimum Gasteiger partial charge on any atom is 0 e. The monoisotopic (exact) mass is 403 g/mol. The summed E-state index contributed by atoms with van der Waals surface area (Å²) in [7, 11) is 0. The van der Waals surface area contributed by atoms with Crippen LogP contribution in [0.3, 0.4) is 0 Å². The molecule has 0 aliphatic heterocycles. The molecular formula is H5BiCoMoS. The van der Waals surface area contributed by atoms with Crippen LogP contribution in [0.4, 0.5) is 0 Å². The summed E-state index contributed by atoms with van der Waals surface area (Å²) in [5.41, 5.74) is 0. The van der Waals surface area contributed by atoms with Gasteiger partial charge in [0, 0.05) is 37.8 Å². The van der Waals surface area contributed by atoms with Gasteiger partial charge in [0.15, 0.2) is 0 Å². The fraction of sp³-hybridized carbons (Fsp3) is 0. The average Bonchev–Trinajstić information content (AvgIpc) is 0. The van der Waals surface area contributed by atoms with E-state index >= 15 is 0 Å². The molecule has 0 aromatic carbocycles. The van der Waals surface area contributed by atoms with Crippen LogP contribution < -0.4 is 0 Å². The van der Waals surface area contributed by atoms with Gasteiger partial charge in [-0.05, 0) is 0 Å². The van der Waals surface area contributed by atoms with Crippen molar-refractivity contribution in [3.63, 3.8) is 0 Å². The van der Waals surface area contributed by atoms with Crippen LogP contribution in [0.25, 0.3) is 0 Å². The molecule has 0 unspecified atom stereocenters. The molecule has 0 spiro atoms. The first-order valence-corrected chi connectivity index (χ1v) is 0. The van der Waals surface area contributed by atoms with Gasteiger partial charge >= 0.3 is 26.2 Å². The van der Waals surface area contributed by atoms with E-state index in [1.807, 2.05) is 0 Å². The molecule has 0 bridgehead atoms. The second-order valence-electron chi connectivity index (χ2n) is 0. The topological polar surface area (TPSA) is 0 Å². The summed E-state index contributed by atoms with van der Waals surface area (Å²) in [6.45, 7) is 0. The van der Waals surface area contributed by atoms with Crippen molar-refractivity contribution in [3.8, 4) is 0 Å². The maximum atomic E-state index is 0.